The number of fused-ring (bicyclic) bond motifs is 1. The average Bonchev–Trinajstić information content (AvgIpc) is 2.88. The van der Waals surface area contributed by atoms with E-state index in [9.17, 15) is 0 Å². The second-order valence-electron chi connectivity index (χ2n) is 5.91. The summed E-state index contributed by atoms with van der Waals surface area (Å²) in [7, 11) is 2.02. The molecule has 0 aliphatic heterocycles. The van der Waals surface area contributed by atoms with Crippen LogP contribution in [0, 0.1) is 5.92 Å². The zero-order chi connectivity index (χ0) is 13.9. The largest absolute Gasteiger partial charge is 0.459 e. The molecule has 1 atom stereocenters. The number of hydrogen-bond acceptors (Lipinski definition) is 2. The number of halogens is 1. The molecule has 1 aliphatic carbocycles. The molecule has 3 heteroatoms. The van der Waals surface area contributed by atoms with Gasteiger partial charge in [-0.3, -0.25) is 0 Å². The molecule has 1 saturated carbocycles. The van der Waals surface area contributed by atoms with Crippen LogP contribution in [-0.4, -0.2) is 7.05 Å². The van der Waals surface area contributed by atoms with Gasteiger partial charge in [0.1, 0.15) is 11.3 Å². The maximum Gasteiger partial charge on any atom is 0.134 e. The molecule has 20 heavy (non-hydrogen) atoms. The molecule has 2 nitrogen and oxygen atoms in total. The van der Waals surface area contributed by atoms with Crippen molar-refractivity contribution < 1.29 is 4.42 Å². The molecule has 0 bridgehead atoms. The van der Waals surface area contributed by atoms with Gasteiger partial charge in [0.15, 0.2) is 0 Å². The summed E-state index contributed by atoms with van der Waals surface area (Å²) in [4.78, 5) is 0. The molecule has 0 saturated heterocycles. The van der Waals surface area contributed by atoms with Crippen molar-refractivity contribution >= 4 is 22.6 Å². The lowest BCUT2D eigenvalue weighted by molar-refractivity contribution is 0.290. The topological polar surface area (TPSA) is 25.2 Å². The molecule has 1 N–H and O–H groups in total. The second kappa shape index (κ2) is 6.19. The van der Waals surface area contributed by atoms with Crippen molar-refractivity contribution in [3.05, 3.63) is 35.0 Å². The minimum absolute atomic E-state index is 0.310. The Morgan fingerprint density at radius 2 is 2.05 bits per heavy atom. The van der Waals surface area contributed by atoms with E-state index in [0.717, 1.165) is 27.7 Å². The van der Waals surface area contributed by atoms with Gasteiger partial charge in [0, 0.05) is 10.4 Å². The van der Waals surface area contributed by atoms with Crippen LogP contribution >= 0.6 is 11.6 Å². The Balaban J connectivity index is 1.79. The quantitative estimate of drug-likeness (QED) is 0.825. The van der Waals surface area contributed by atoms with Crippen LogP contribution in [-0.2, 0) is 0 Å². The van der Waals surface area contributed by atoms with Crippen LogP contribution in [0.3, 0.4) is 0 Å². The van der Waals surface area contributed by atoms with E-state index in [4.69, 9.17) is 16.0 Å². The van der Waals surface area contributed by atoms with E-state index in [2.05, 4.69) is 11.4 Å². The number of rotatable bonds is 4. The monoisotopic (exact) mass is 291 g/mol. The third-order valence-electron chi connectivity index (χ3n) is 4.48. The van der Waals surface area contributed by atoms with Crippen molar-refractivity contribution in [2.24, 2.45) is 5.92 Å². The molecular formula is C17H22ClNO. The minimum Gasteiger partial charge on any atom is -0.459 e. The molecule has 1 aromatic heterocycles. The first kappa shape index (κ1) is 14.0. The van der Waals surface area contributed by atoms with Gasteiger partial charge in [-0.05, 0) is 43.7 Å². The summed E-state index contributed by atoms with van der Waals surface area (Å²) in [6.07, 6.45) is 8.08. The van der Waals surface area contributed by atoms with E-state index in [1.807, 2.05) is 25.2 Å². The summed E-state index contributed by atoms with van der Waals surface area (Å²) in [5.74, 6) is 1.87. The fraction of sp³-hybridized carbons (Fsp3) is 0.529. The van der Waals surface area contributed by atoms with E-state index >= 15 is 0 Å². The van der Waals surface area contributed by atoms with Crippen LogP contribution in [0.15, 0.2) is 28.7 Å². The predicted octanol–water partition coefficient (Wildman–Crippen LogP) is 5.32. The van der Waals surface area contributed by atoms with Gasteiger partial charge < -0.3 is 9.73 Å². The Morgan fingerprint density at radius 1 is 1.25 bits per heavy atom. The summed E-state index contributed by atoms with van der Waals surface area (Å²) >= 11 is 6.04. The van der Waals surface area contributed by atoms with E-state index in [0.29, 0.717) is 6.04 Å². The lowest BCUT2D eigenvalue weighted by Gasteiger charge is -2.25. The predicted molar refractivity (Wildman–Crippen MR) is 84.2 cm³/mol. The molecule has 3 rings (SSSR count). The highest BCUT2D eigenvalue weighted by Gasteiger charge is 2.21. The maximum absolute atomic E-state index is 6.04. The highest BCUT2D eigenvalue weighted by Crippen LogP contribution is 2.34. The number of nitrogens with one attached hydrogen (secondary N) is 1. The van der Waals surface area contributed by atoms with Crippen molar-refractivity contribution in [1.29, 1.82) is 0 Å². The van der Waals surface area contributed by atoms with Gasteiger partial charge in [-0.1, -0.05) is 43.7 Å². The van der Waals surface area contributed by atoms with Crippen LogP contribution in [0.4, 0.5) is 0 Å². The van der Waals surface area contributed by atoms with Gasteiger partial charge >= 0.3 is 0 Å². The van der Waals surface area contributed by atoms with Crippen molar-refractivity contribution in [1.82, 2.24) is 5.32 Å². The van der Waals surface area contributed by atoms with Gasteiger partial charge in [-0.15, -0.1) is 0 Å². The second-order valence-corrected chi connectivity index (χ2v) is 6.35. The molecule has 0 spiro atoms. The highest BCUT2D eigenvalue weighted by molar-refractivity contribution is 6.31. The Bertz CT molecular complexity index is 571. The zero-order valence-electron chi connectivity index (χ0n) is 12.0. The molecule has 1 fully saturated rings. The van der Waals surface area contributed by atoms with Gasteiger partial charge in [0.2, 0.25) is 0 Å². The first-order valence-electron chi connectivity index (χ1n) is 7.62. The van der Waals surface area contributed by atoms with Gasteiger partial charge in [0.25, 0.3) is 0 Å². The molecule has 1 aliphatic rings. The molecule has 2 aromatic rings. The van der Waals surface area contributed by atoms with Crippen molar-refractivity contribution in [2.45, 2.75) is 44.6 Å². The molecule has 0 radical (unpaired) electrons. The van der Waals surface area contributed by atoms with Crippen LogP contribution in [0.1, 0.15) is 50.3 Å². The van der Waals surface area contributed by atoms with E-state index in [1.165, 1.54) is 38.5 Å². The Hall–Kier alpha value is -0.990. The van der Waals surface area contributed by atoms with E-state index in [1.54, 1.807) is 0 Å². The first-order chi connectivity index (χ1) is 9.76. The molecule has 1 unspecified atom stereocenters. The van der Waals surface area contributed by atoms with Crippen molar-refractivity contribution in [3.63, 3.8) is 0 Å². The third kappa shape index (κ3) is 3.02. The summed E-state index contributed by atoms with van der Waals surface area (Å²) in [6.45, 7) is 0. The average molecular weight is 292 g/mol. The Morgan fingerprint density at radius 3 is 2.80 bits per heavy atom. The minimum atomic E-state index is 0.310. The normalized spacial score (nSPS) is 18.5. The standard InChI is InChI=1S/C17H22ClNO/c1-19-15(9-12-5-3-2-4-6-12)17-11-13-10-14(18)7-8-16(13)20-17/h7-8,10-12,15,19H,2-6,9H2,1H3. The van der Waals surface area contributed by atoms with Gasteiger partial charge in [0.05, 0.1) is 6.04 Å². The summed E-state index contributed by atoms with van der Waals surface area (Å²) in [5, 5.41) is 5.27. The van der Waals surface area contributed by atoms with Crippen LogP contribution in [0.25, 0.3) is 11.0 Å². The SMILES string of the molecule is CNC(CC1CCCCC1)c1cc2cc(Cl)ccc2o1. The number of benzene rings is 1. The molecule has 1 aromatic carbocycles. The molecular weight excluding hydrogens is 270 g/mol. The maximum atomic E-state index is 6.04. The first-order valence-corrected chi connectivity index (χ1v) is 8.00. The fourth-order valence-electron chi connectivity index (χ4n) is 3.34. The summed E-state index contributed by atoms with van der Waals surface area (Å²) < 4.78 is 6.00. The molecule has 108 valence electrons. The molecule has 0 amide bonds. The van der Waals surface area contributed by atoms with Crippen molar-refractivity contribution in [2.75, 3.05) is 7.05 Å². The third-order valence-corrected chi connectivity index (χ3v) is 4.72. The number of hydrogen-bond donors (Lipinski definition) is 1. The lowest BCUT2D eigenvalue weighted by Crippen LogP contribution is -2.20. The lowest BCUT2D eigenvalue weighted by atomic mass is 9.84. The Labute approximate surface area is 125 Å². The van der Waals surface area contributed by atoms with E-state index in [-0.39, 0.29) is 0 Å². The van der Waals surface area contributed by atoms with Gasteiger partial charge in [-0.25, -0.2) is 0 Å². The fourth-order valence-corrected chi connectivity index (χ4v) is 3.52. The smallest absolute Gasteiger partial charge is 0.134 e. The summed E-state index contributed by atoms with van der Waals surface area (Å²) in [5.41, 5.74) is 0.924. The zero-order valence-corrected chi connectivity index (χ0v) is 12.7. The molecule has 1 heterocycles. The van der Waals surface area contributed by atoms with Crippen LogP contribution in [0.2, 0.25) is 5.02 Å². The van der Waals surface area contributed by atoms with Crippen LogP contribution in [0.5, 0.6) is 0 Å². The van der Waals surface area contributed by atoms with E-state index < -0.39 is 0 Å². The summed E-state index contributed by atoms with van der Waals surface area (Å²) in [6, 6.07) is 8.24. The highest BCUT2D eigenvalue weighted by atomic mass is 35.5. The Kier molecular flexibility index (Phi) is 4.32. The van der Waals surface area contributed by atoms with Crippen molar-refractivity contribution in [3.8, 4) is 0 Å². The van der Waals surface area contributed by atoms with Crippen LogP contribution < -0.4 is 5.32 Å². The van der Waals surface area contributed by atoms with Gasteiger partial charge in [-0.2, -0.15) is 0 Å². The number of furan rings is 1.